The molecule has 0 aliphatic heterocycles. The lowest BCUT2D eigenvalue weighted by molar-refractivity contribution is 0.306. The molecule has 0 aliphatic rings. The Hall–Kier alpha value is -2.74. The van der Waals surface area contributed by atoms with Gasteiger partial charge in [0.15, 0.2) is 0 Å². The second kappa shape index (κ2) is 7.48. The fraction of sp³-hybridized carbons (Fsp3) is 0.280. The van der Waals surface area contributed by atoms with E-state index in [1.165, 1.54) is 51.5 Å². The molecule has 4 aromatic rings. The lowest BCUT2D eigenvalue weighted by atomic mass is 10.1. The summed E-state index contributed by atoms with van der Waals surface area (Å²) >= 11 is 0. The van der Waals surface area contributed by atoms with Crippen LogP contribution in [0.4, 0.5) is 0 Å². The number of unbranched alkanes of at least 4 members (excludes halogenated alkanes) is 2. The van der Waals surface area contributed by atoms with Crippen molar-refractivity contribution in [3.05, 3.63) is 71.8 Å². The lowest BCUT2D eigenvalue weighted by Gasteiger charge is -2.10. The highest BCUT2D eigenvalue weighted by molar-refractivity contribution is 6.09. The van der Waals surface area contributed by atoms with Crippen molar-refractivity contribution in [1.29, 1.82) is 0 Å². The van der Waals surface area contributed by atoms with Gasteiger partial charge in [0.1, 0.15) is 5.75 Å². The van der Waals surface area contributed by atoms with Gasteiger partial charge in [-0.2, -0.15) is 0 Å². The number of aryl methyl sites for hydroxylation is 2. The van der Waals surface area contributed by atoms with E-state index in [-0.39, 0.29) is 0 Å². The largest absolute Gasteiger partial charge is 0.494 e. The van der Waals surface area contributed by atoms with Crippen LogP contribution in [0.1, 0.15) is 37.3 Å². The van der Waals surface area contributed by atoms with Gasteiger partial charge in [-0.15, -0.1) is 0 Å². The minimum Gasteiger partial charge on any atom is -0.494 e. The Kier molecular flexibility index (Phi) is 4.89. The van der Waals surface area contributed by atoms with E-state index >= 15 is 0 Å². The standard InChI is InChI=1S/C25H27NO/c1-4-5-6-15-27-21-11-9-20(10-12-21)26-24-16-18(2)7-13-22(24)23-14-8-19(3)17-25(23)26/h7-14,16-17H,4-6,15H2,1-3H3. The van der Waals surface area contributed by atoms with Gasteiger partial charge < -0.3 is 9.30 Å². The van der Waals surface area contributed by atoms with Crippen LogP contribution in [0.3, 0.4) is 0 Å². The Morgan fingerprint density at radius 2 is 1.33 bits per heavy atom. The maximum atomic E-state index is 5.88. The van der Waals surface area contributed by atoms with Crippen molar-refractivity contribution >= 4 is 21.8 Å². The summed E-state index contributed by atoms with van der Waals surface area (Å²) in [6, 6.07) is 21.9. The molecular weight excluding hydrogens is 330 g/mol. The van der Waals surface area contributed by atoms with Gasteiger partial charge in [-0.25, -0.2) is 0 Å². The van der Waals surface area contributed by atoms with Crippen LogP contribution in [-0.4, -0.2) is 11.2 Å². The summed E-state index contributed by atoms with van der Waals surface area (Å²) in [7, 11) is 0. The highest BCUT2D eigenvalue weighted by Gasteiger charge is 2.12. The van der Waals surface area contributed by atoms with Crippen LogP contribution in [0, 0.1) is 13.8 Å². The van der Waals surface area contributed by atoms with Gasteiger partial charge in [0.2, 0.25) is 0 Å². The van der Waals surface area contributed by atoms with Crippen molar-refractivity contribution in [2.24, 2.45) is 0 Å². The molecule has 1 heterocycles. The first kappa shape index (κ1) is 17.7. The van der Waals surface area contributed by atoms with Crippen molar-refractivity contribution in [2.75, 3.05) is 6.61 Å². The number of nitrogens with zero attached hydrogens (tertiary/aromatic N) is 1. The van der Waals surface area contributed by atoms with E-state index in [1.807, 2.05) is 0 Å². The smallest absolute Gasteiger partial charge is 0.119 e. The second-order valence-electron chi connectivity index (χ2n) is 7.43. The van der Waals surface area contributed by atoms with E-state index in [0.29, 0.717) is 0 Å². The monoisotopic (exact) mass is 357 g/mol. The first-order valence-electron chi connectivity index (χ1n) is 9.92. The second-order valence-corrected chi connectivity index (χ2v) is 7.43. The van der Waals surface area contributed by atoms with E-state index < -0.39 is 0 Å². The molecule has 138 valence electrons. The number of hydrogen-bond acceptors (Lipinski definition) is 1. The van der Waals surface area contributed by atoms with Crippen LogP contribution in [-0.2, 0) is 0 Å². The van der Waals surface area contributed by atoms with Crippen molar-refractivity contribution in [2.45, 2.75) is 40.0 Å². The third-order valence-electron chi connectivity index (χ3n) is 5.19. The summed E-state index contributed by atoms with van der Waals surface area (Å²) in [5.74, 6) is 0.947. The van der Waals surface area contributed by atoms with E-state index in [0.717, 1.165) is 18.8 Å². The highest BCUT2D eigenvalue weighted by Crippen LogP contribution is 2.33. The molecule has 0 N–H and O–H groups in total. The Labute approximate surface area is 161 Å². The quantitative estimate of drug-likeness (QED) is 0.340. The minimum absolute atomic E-state index is 0.793. The summed E-state index contributed by atoms with van der Waals surface area (Å²) < 4.78 is 8.25. The molecule has 0 bridgehead atoms. The van der Waals surface area contributed by atoms with Crippen LogP contribution in [0.5, 0.6) is 5.75 Å². The van der Waals surface area contributed by atoms with Gasteiger partial charge in [0, 0.05) is 16.5 Å². The maximum absolute atomic E-state index is 5.88. The summed E-state index contributed by atoms with van der Waals surface area (Å²) in [5.41, 5.74) is 6.24. The normalized spacial score (nSPS) is 11.4. The van der Waals surface area contributed by atoms with E-state index in [9.17, 15) is 0 Å². The Bertz CT molecular complexity index is 1010. The Morgan fingerprint density at radius 1 is 0.741 bits per heavy atom. The average Bonchev–Trinajstić information content (AvgIpc) is 2.98. The first-order valence-corrected chi connectivity index (χ1v) is 9.92. The van der Waals surface area contributed by atoms with Crippen molar-refractivity contribution < 1.29 is 4.74 Å². The van der Waals surface area contributed by atoms with Gasteiger partial charge in [-0.1, -0.05) is 44.0 Å². The van der Waals surface area contributed by atoms with Crippen molar-refractivity contribution in [3.8, 4) is 11.4 Å². The third kappa shape index (κ3) is 3.44. The molecule has 0 unspecified atom stereocenters. The van der Waals surface area contributed by atoms with Crippen LogP contribution in [0.2, 0.25) is 0 Å². The molecule has 27 heavy (non-hydrogen) atoms. The van der Waals surface area contributed by atoms with Gasteiger partial charge >= 0.3 is 0 Å². The predicted molar refractivity (Wildman–Crippen MR) is 115 cm³/mol. The lowest BCUT2D eigenvalue weighted by Crippen LogP contribution is -1.98. The molecule has 0 saturated heterocycles. The van der Waals surface area contributed by atoms with Gasteiger partial charge in [0.05, 0.1) is 17.6 Å². The predicted octanol–water partition coefficient (Wildman–Crippen LogP) is 6.97. The Morgan fingerprint density at radius 3 is 1.89 bits per heavy atom. The molecule has 1 aromatic heterocycles. The van der Waals surface area contributed by atoms with Crippen LogP contribution < -0.4 is 4.74 Å². The number of benzene rings is 3. The van der Waals surface area contributed by atoms with E-state index in [1.54, 1.807) is 0 Å². The fourth-order valence-corrected chi connectivity index (χ4v) is 3.75. The zero-order valence-electron chi connectivity index (χ0n) is 16.5. The van der Waals surface area contributed by atoms with Crippen LogP contribution in [0.15, 0.2) is 60.7 Å². The van der Waals surface area contributed by atoms with Crippen LogP contribution in [0.25, 0.3) is 27.5 Å². The average molecular weight is 357 g/mol. The maximum Gasteiger partial charge on any atom is 0.119 e. The first-order chi connectivity index (χ1) is 13.2. The van der Waals surface area contributed by atoms with Crippen LogP contribution >= 0.6 is 0 Å². The van der Waals surface area contributed by atoms with Crippen molar-refractivity contribution in [1.82, 2.24) is 4.57 Å². The molecule has 0 spiro atoms. The number of hydrogen-bond donors (Lipinski definition) is 0. The van der Waals surface area contributed by atoms with E-state index in [4.69, 9.17) is 4.74 Å². The van der Waals surface area contributed by atoms with Gasteiger partial charge in [0.25, 0.3) is 0 Å². The number of aromatic nitrogens is 1. The summed E-state index contributed by atoms with van der Waals surface area (Å²) in [4.78, 5) is 0. The number of rotatable bonds is 6. The molecule has 0 amide bonds. The molecule has 4 rings (SSSR count). The zero-order valence-corrected chi connectivity index (χ0v) is 16.5. The molecule has 2 heteroatoms. The molecule has 0 atom stereocenters. The van der Waals surface area contributed by atoms with Gasteiger partial charge in [-0.05, 0) is 67.8 Å². The summed E-state index contributed by atoms with van der Waals surface area (Å²) in [5, 5.41) is 2.60. The molecular formula is C25H27NO. The summed E-state index contributed by atoms with van der Waals surface area (Å²) in [6.07, 6.45) is 3.55. The molecule has 0 aliphatic carbocycles. The topological polar surface area (TPSA) is 14.2 Å². The number of fused-ring (bicyclic) bond motifs is 3. The van der Waals surface area contributed by atoms with Crippen molar-refractivity contribution in [3.63, 3.8) is 0 Å². The number of ether oxygens (including phenoxy) is 1. The summed E-state index contributed by atoms with van der Waals surface area (Å²) in [6.45, 7) is 7.31. The molecule has 0 saturated carbocycles. The molecule has 0 radical (unpaired) electrons. The highest BCUT2D eigenvalue weighted by atomic mass is 16.5. The molecule has 0 fully saturated rings. The molecule has 2 nitrogen and oxygen atoms in total. The zero-order chi connectivity index (χ0) is 18.8. The SMILES string of the molecule is CCCCCOc1ccc(-n2c3cc(C)ccc3c3ccc(C)cc32)cc1. The Balaban J connectivity index is 1.77. The van der Waals surface area contributed by atoms with E-state index in [2.05, 4.69) is 86.0 Å². The molecule has 3 aromatic carbocycles. The van der Waals surface area contributed by atoms with Gasteiger partial charge in [-0.3, -0.25) is 0 Å². The fourth-order valence-electron chi connectivity index (χ4n) is 3.75. The minimum atomic E-state index is 0.793. The third-order valence-corrected chi connectivity index (χ3v) is 5.19.